The lowest BCUT2D eigenvalue weighted by atomic mass is 9.75. The fourth-order valence-electron chi connectivity index (χ4n) is 1.79. The van der Waals surface area contributed by atoms with Crippen molar-refractivity contribution in [3.05, 3.63) is 34.9 Å². The molecular formula is C13H14ClNO2. The maximum absolute atomic E-state index is 11.0. The Morgan fingerprint density at radius 1 is 1.47 bits per heavy atom. The van der Waals surface area contributed by atoms with Gasteiger partial charge in [0.25, 0.3) is 0 Å². The van der Waals surface area contributed by atoms with E-state index in [1.54, 1.807) is 26.0 Å². The van der Waals surface area contributed by atoms with Crippen LogP contribution in [0.4, 0.5) is 0 Å². The van der Waals surface area contributed by atoms with Crippen LogP contribution in [0.2, 0.25) is 5.02 Å². The molecule has 1 aromatic carbocycles. The van der Waals surface area contributed by atoms with Gasteiger partial charge in [-0.3, -0.25) is 4.79 Å². The molecule has 4 heteroatoms. The number of carboxylic acids is 1. The molecule has 0 amide bonds. The molecule has 0 fully saturated rings. The predicted molar refractivity (Wildman–Crippen MR) is 65.7 cm³/mol. The second-order valence-corrected chi connectivity index (χ2v) is 5.13. The van der Waals surface area contributed by atoms with Gasteiger partial charge in [-0.2, -0.15) is 5.26 Å². The normalized spacial score (nSPS) is 12.8. The Balaban J connectivity index is 2.89. The van der Waals surface area contributed by atoms with E-state index in [1.807, 2.05) is 18.2 Å². The van der Waals surface area contributed by atoms with Crippen molar-refractivity contribution in [2.75, 3.05) is 0 Å². The predicted octanol–water partition coefficient (Wildman–Crippen LogP) is 3.13. The largest absolute Gasteiger partial charge is 0.480 e. The molecule has 1 N–H and O–H groups in total. The van der Waals surface area contributed by atoms with Crippen molar-refractivity contribution in [2.24, 2.45) is 11.3 Å². The van der Waals surface area contributed by atoms with Crippen LogP contribution in [-0.2, 0) is 11.2 Å². The first kappa shape index (κ1) is 13.5. The van der Waals surface area contributed by atoms with Gasteiger partial charge in [0, 0.05) is 5.02 Å². The minimum absolute atomic E-state index is 0.523. The van der Waals surface area contributed by atoms with Crippen LogP contribution in [0.1, 0.15) is 19.4 Å². The second kappa shape index (κ2) is 5.20. The highest BCUT2D eigenvalue weighted by molar-refractivity contribution is 6.30. The molecule has 1 aromatic rings. The Kier molecular flexibility index (Phi) is 4.14. The average Bonchev–Trinajstić information content (AvgIpc) is 2.21. The maximum Gasteiger partial charge on any atom is 0.321 e. The first-order valence-electron chi connectivity index (χ1n) is 5.23. The Hall–Kier alpha value is -1.53. The Morgan fingerprint density at radius 2 is 2.00 bits per heavy atom. The zero-order valence-electron chi connectivity index (χ0n) is 9.77. The summed E-state index contributed by atoms with van der Waals surface area (Å²) >= 11 is 5.78. The van der Waals surface area contributed by atoms with Crippen molar-refractivity contribution in [1.29, 1.82) is 5.26 Å². The van der Waals surface area contributed by atoms with Gasteiger partial charge in [0.1, 0.15) is 5.92 Å². The Labute approximate surface area is 106 Å². The van der Waals surface area contributed by atoms with Gasteiger partial charge < -0.3 is 5.11 Å². The van der Waals surface area contributed by atoms with Crippen LogP contribution in [0.5, 0.6) is 0 Å². The van der Waals surface area contributed by atoms with Crippen LogP contribution in [0.3, 0.4) is 0 Å². The minimum Gasteiger partial charge on any atom is -0.480 e. The lowest BCUT2D eigenvalue weighted by Crippen LogP contribution is -2.31. The summed E-state index contributed by atoms with van der Waals surface area (Å²) in [7, 11) is 0. The van der Waals surface area contributed by atoms with Crippen molar-refractivity contribution in [3.8, 4) is 6.07 Å². The molecule has 0 radical (unpaired) electrons. The summed E-state index contributed by atoms with van der Waals surface area (Å²) in [6.45, 7) is 3.56. The van der Waals surface area contributed by atoms with Gasteiger partial charge >= 0.3 is 5.97 Å². The first-order valence-corrected chi connectivity index (χ1v) is 5.61. The summed E-state index contributed by atoms with van der Waals surface area (Å²) in [6.07, 6.45) is 0.523. The summed E-state index contributed by atoms with van der Waals surface area (Å²) in [6, 6.07) is 9.06. The van der Waals surface area contributed by atoms with E-state index >= 15 is 0 Å². The molecule has 17 heavy (non-hydrogen) atoms. The van der Waals surface area contributed by atoms with Crippen LogP contribution < -0.4 is 0 Å². The monoisotopic (exact) mass is 251 g/mol. The highest BCUT2D eigenvalue weighted by Crippen LogP contribution is 2.31. The fourth-order valence-corrected chi connectivity index (χ4v) is 1.92. The summed E-state index contributed by atoms with van der Waals surface area (Å²) in [5, 5.41) is 18.5. The van der Waals surface area contributed by atoms with E-state index in [0.29, 0.717) is 11.4 Å². The van der Waals surface area contributed by atoms with E-state index in [9.17, 15) is 4.79 Å². The molecule has 0 saturated carbocycles. The molecule has 90 valence electrons. The van der Waals surface area contributed by atoms with Gasteiger partial charge in [0.15, 0.2) is 0 Å². The number of carbonyl (C=O) groups is 1. The topological polar surface area (TPSA) is 61.1 Å². The van der Waals surface area contributed by atoms with Gasteiger partial charge in [-0.05, 0) is 29.5 Å². The number of rotatable bonds is 4. The molecule has 0 aromatic heterocycles. The molecule has 1 unspecified atom stereocenters. The molecule has 3 nitrogen and oxygen atoms in total. The third-order valence-electron chi connectivity index (χ3n) is 2.73. The lowest BCUT2D eigenvalue weighted by molar-refractivity contribution is -0.143. The van der Waals surface area contributed by atoms with Crippen molar-refractivity contribution < 1.29 is 9.90 Å². The van der Waals surface area contributed by atoms with E-state index < -0.39 is 17.3 Å². The van der Waals surface area contributed by atoms with Gasteiger partial charge in [0.2, 0.25) is 0 Å². The summed E-state index contributed by atoms with van der Waals surface area (Å²) < 4.78 is 0. The highest BCUT2D eigenvalue weighted by Gasteiger charge is 2.35. The number of halogens is 1. The van der Waals surface area contributed by atoms with Crippen molar-refractivity contribution in [1.82, 2.24) is 0 Å². The third-order valence-corrected chi connectivity index (χ3v) is 2.98. The van der Waals surface area contributed by atoms with Crippen LogP contribution in [0, 0.1) is 22.7 Å². The number of hydrogen-bond donors (Lipinski definition) is 1. The quantitative estimate of drug-likeness (QED) is 0.894. The van der Waals surface area contributed by atoms with E-state index in [0.717, 1.165) is 5.56 Å². The summed E-state index contributed by atoms with van der Waals surface area (Å²) in [4.78, 5) is 11.0. The number of nitrogens with zero attached hydrogens (tertiary/aromatic N) is 1. The molecule has 0 aliphatic carbocycles. The molecule has 0 saturated heterocycles. The fraction of sp³-hybridized carbons (Fsp3) is 0.385. The molecule has 0 aliphatic heterocycles. The van der Waals surface area contributed by atoms with Gasteiger partial charge in [-0.15, -0.1) is 0 Å². The summed E-state index contributed by atoms with van der Waals surface area (Å²) in [5.41, 5.74) is 0.356. The molecule has 0 spiro atoms. The van der Waals surface area contributed by atoms with Gasteiger partial charge in [-0.1, -0.05) is 37.6 Å². The van der Waals surface area contributed by atoms with Crippen molar-refractivity contribution >= 4 is 17.6 Å². The van der Waals surface area contributed by atoms with Crippen LogP contribution in [0.15, 0.2) is 24.3 Å². The van der Waals surface area contributed by atoms with Crippen molar-refractivity contribution in [2.45, 2.75) is 20.3 Å². The third kappa shape index (κ3) is 3.47. The smallest absolute Gasteiger partial charge is 0.321 e. The summed E-state index contributed by atoms with van der Waals surface area (Å²) in [5.74, 6) is -2.09. The maximum atomic E-state index is 11.0. The number of hydrogen-bond acceptors (Lipinski definition) is 2. The van der Waals surface area contributed by atoms with E-state index in [-0.39, 0.29) is 0 Å². The molecule has 0 aliphatic rings. The van der Waals surface area contributed by atoms with Crippen LogP contribution in [-0.4, -0.2) is 11.1 Å². The molecule has 0 bridgehead atoms. The van der Waals surface area contributed by atoms with Crippen LogP contribution >= 0.6 is 11.6 Å². The number of benzene rings is 1. The number of carboxylic acid groups (broad SMARTS) is 1. The van der Waals surface area contributed by atoms with Crippen LogP contribution in [0.25, 0.3) is 0 Å². The lowest BCUT2D eigenvalue weighted by Gasteiger charge is -2.27. The molecular weight excluding hydrogens is 238 g/mol. The standard InChI is InChI=1S/C13H14ClNO2/c1-13(2,11(8-15)12(16)17)7-9-3-5-10(14)6-4-9/h3-6,11H,7H2,1-2H3,(H,16,17). The first-order chi connectivity index (χ1) is 7.86. The highest BCUT2D eigenvalue weighted by atomic mass is 35.5. The minimum atomic E-state index is -1.08. The van der Waals surface area contributed by atoms with E-state index in [2.05, 4.69) is 0 Å². The second-order valence-electron chi connectivity index (χ2n) is 4.69. The van der Waals surface area contributed by atoms with Gasteiger partial charge in [0.05, 0.1) is 6.07 Å². The molecule has 0 heterocycles. The Bertz CT molecular complexity index is 445. The zero-order valence-corrected chi connectivity index (χ0v) is 10.5. The average molecular weight is 252 g/mol. The Morgan fingerprint density at radius 3 is 2.41 bits per heavy atom. The van der Waals surface area contributed by atoms with E-state index in [1.165, 1.54) is 0 Å². The van der Waals surface area contributed by atoms with E-state index in [4.69, 9.17) is 22.0 Å². The number of aliphatic carboxylic acids is 1. The van der Waals surface area contributed by atoms with Gasteiger partial charge in [-0.25, -0.2) is 0 Å². The van der Waals surface area contributed by atoms with Crippen molar-refractivity contribution in [3.63, 3.8) is 0 Å². The number of nitriles is 1. The molecule has 1 rings (SSSR count). The SMILES string of the molecule is CC(C)(Cc1ccc(Cl)cc1)C(C#N)C(=O)O. The zero-order chi connectivity index (χ0) is 13.1. The molecule has 1 atom stereocenters.